The first-order valence-corrected chi connectivity index (χ1v) is 11.6. The molecule has 0 bridgehead atoms. The first-order chi connectivity index (χ1) is 15.2. The Bertz CT molecular complexity index is 1090. The minimum Gasteiger partial charge on any atom is -0.354 e. The number of aromatic nitrogens is 4. The van der Waals surface area contributed by atoms with Crippen molar-refractivity contribution in [2.45, 2.75) is 58.4 Å². The molecule has 1 atom stereocenters. The number of benzene rings is 1. The molecule has 0 saturated carbocycles. The van der Waals surface area contributed by atoms with E-state index in [4.69, 9.17) is 4.98 Å². The third-order valence-corrected chi connectivity index (χ3v) is 6.62. The van der Waals surface area contributed by atoms with Gasteiger partial charge in [0.1, 0.15) is 12.2 Å². The van der Waals surface area contributed by atoms with Gasteiger partial charge in [0.05, 0.1) is 5.92 Å². The van der Waals surface area contributed by atoms with Gasteiger partial charge in [0.25, 0.3) is 0 Å². The Labute approximate surface area is 182 Å². The lowest BCUT2D eigenvalue weighted by atomic mass is 9.96. The maximum atomic E-state index is 13.1. The molecule has 162 valence electrons. The van der Waals surface area contributed by atoms with E-state index < -0.39 is 0 Å². The summed E-state index contributed by atoms with van der Waals surface area (Å²) in [5.41, 5.74) is 3.91. The maximum absolute atomic E-state index is 13.1. The van der Waals surface area contributed by atoms with Crippen LogP contribution in [0.25, 0.3) is 11.2 Å². The Kier molecular flexibility index (Phi) is 5.57. The number of piperidine rings is 1. The minimum absolute atomic E-state index is 0.0656. The van der Waals surface area contributed by atoms with E-state index in [1.54, 1.807) is 6.33 Å². The monoisotopic (exact) mass is 418 g/mol. The minimum atomic E-state index is -0.0656. The number of imidazole rings is 1. The summed E-state index contributed by atoms with van der Waals surface area (Å²) in [5.74, 6) is 2.02. The number of aryl methyl sites for hydroxylation is 3. The standard InChI is InChI=1S/C24H30N6O/c1-2-17-9-5-6-11-19(17)27-24(31)18-10-8-13-29(15-18)22-21-23(26-16-25-22)30-14-7-3-4-12-20(30)28-21/h5-6,9,11,16,18H,2-4,7-8,10,12-15H2,1H3,(H,27,31). The zero-order valence-corrected chi connectivity index (χ0v) is 18.2. The SMILES string of the molecule is CCc1ccccc1NC(=O)C1CCCN(c2ncnc3c2nc2n3CCCCC2)C1. The molecule has 7 heteroatoms. The fourth-order valence-electron chi connectivity index (χ4n) is 4.93. The number of anilines is 2. The summed E-state index contributed by atoms with van der Waals surface area (Å²) in [7, 11) is 0. The van der Waals surface area contributed by atoms with E-state index in [0.717, 1.165) is 67.3 Å². The van der Waals surface area contributed by atoms with E-state index >= 15 is 0 Å². The van der Waals surface area contributed by atoms with Gasteiger partial charge in [-0.2, -0.15) is 0 Å². The van der Waals surface area contributed by atoms with E-state index in [9.17, 15) is 4.79 Å². The summed E-state index contributed by atoms with van der Waals surface area (Å²) >= 11 is 0. The topological polar surface area (TPSA) is 75.9 Å². The number of carbonyl (C=O) groups is 1. The molecule has 4 heterocycles. The predicted molar refractivity (Wildman–Crippen MR) is 122 cm³/mol. The number of hydrogen-bond acceptors (Lipinski definition) is 5. The molecule has 3 aromatic rings. The summed E-state index contributed by atoms with van der Waals surface area (Å²) in [6.45, 7) is 4.64. The molecular weight excluding hydrogens is 388 g/mol. The first kappa shape index (κ1) is 20.0. The molecule has 31 heavy (non-hydrogen) atoms. The van der Waals surface area contributed by atoms with Crippen LogP contribution < -0.4 is 10.2 Å². The van der Waals surface area contributed by atoms with Crippen LogP contribution in [0.15, 0.2) is 30.6 Å². The van der Waals surface area contributed by atoms with Crippen LogP contribution >= 0.6 is 0 Å². The third kappa shape index (κ3) is 3.89. The van der Waals surface area contributed by atoms with Crippen molar-refractivity contribution < 1.29 is 4.79 Å². The van der Waals surface area contributed by atoms with Gasteiger partial charge in [-0.1, -0.05) is 31.5 Å². The summed E-state index contributed by atoms with van der Waals surface area (Å²) < 4.78 is 2.27. The van der Waals surface area contributed by atoms with Gasteiger partial charge in [-0.15, -0.1) is 0 Å². The van der Waals surface area contributed by atoms with Crippen LogP contribution in [0.3, 0.4) is 0 Å². The van der Waals surface area contributed by atoms with Crippen LogP contribution in [-0.4, -0.2) is 38.5 Å². The molecule has 2 aromatic heterocycles. The molecule has 1 unspecified atom stereocenters. The fourth-order valence-corrected chi connectivity index (χ4v) is 4.93. The van der Waals surface area contributed by atoms with E-state index in [0.29, 0.717) is 6.54 Å². The summed E-state index contributed by atoms with van der Waals surface area (Å²) in [6.07, 6.45) is 9.00. The van der Waals surface area contributed by atoms with Gasteiger partial charge in [0.15, 0.2) is 17.0 Å². The molecule has 2 aliphatic rings. The van der Waals surface area contributed by atoms with Crippen LogP contribution in [0, 0.1) is 5.92 Å². The van der Waals surface area contributed by atoms with Crippen molar-refractivity contribution in [3.63, 3.8) is 0 Å². The summed E-state index contributed by atoms with van der Waals surface area (Å²) in [4.78, 5) is 29.4. The Morgan fingerprint density at radius 1 is 1.13 bits per heavy atom. The molecule has 7 nitrogen and oxygen atoms in total. The Balaban J connectivity index is 1.38. The average Bonchev–Trinajstić information content (AvgIpc) is 3.00. The molecule has 0 radical (unpaired) electrons. The van der Waals surface area contributed by atoms with Gasteiger partial charge in [-0.3, -0.25) is 4.79 Å². The Morgan fingerprint density at radius 2 is 2.03 bits per heavy atom. The van der Waals surface area contributed by atoms with Gasteiger partial charge < -0.3 is 14.8 Å². The van der Waals surface area contributed by atoms with E-state index in [1.165, 1.54) is 24.8 Å². The van der Waals surface area contributed by atoms with Crippen molar-refractivity contribution in [3.8, 4) is 0 Å². The second-order valence-corrected chi connectivity index (χ2v) is 8.64. The maximum Gasteiger partial charge on any atom is 0.229 e. The zero-order chi connectivity index (χ0) is 21.2. The quantitative estimate of drug-likeness (QED) is 0.694. The van der Waals surface area contributed by atoms with Gasteiger partial charge in [0, 0.05) is 31.7 Å². The molecule has 1 aromatic carbocycles. The van der Waals surface area contributed by atoms with Crippen molar-refractivity contribution in [2.75, 3.05) is 23.3 Å². The molecule has 0 aliphatic carbocycles. The lowest BCUT2D eigenvalue weighted by molar-refractivity contribution is -0.120. The molecule has 2 aliphatic heterocycles. The Hall–Kier alpha value is -2.96. The number of para-hydroxylation sites is 1. The van der Waals surface area contributed by atoms with E-state index in [-0.39, 0.29) is 11.8 Å². The largest absolute Gasteiger partial charge is 0.354 e. The molecule has 1 N–H and O–H groups in total. The smallest absolute Gasteiger partial charge is 0.229 e. The first-order valence-electron chi connectivity index (χ1n) is 11.6. The van der Waals surface area contributed by atoms with Crippen molar-refractivity contribution in [1.82, 2.24) is 19.5 Å². The Morgan fingerprint density at radius 3 is 2.94 bits per heavy atom. The summed E-state index contributed by atoms with van der Waals surface area (Å²) in [5, 5.41) is 3.17. The van der Waals surface area contributed by atoms with Crippen LogP contribution in [0.2, 0.25) is 0 Å². The fraction of sp³-hybridized carbons (Fsp3) is 0.500. The highest BCUT2D eigenvalue weighted by atomic mass is 16.1. The second-order valence-electron chi connectivity index (χ2n) is 8.64. The normalized spacial score (nSPS) is 19.1. The van der Waals surface area contributed by atoms with Crippen LogP contribution in [0.4, 0.5) is 11.5 Å². The molecular formula is C24H30N6O. The van der Waals surface area contributed by atoms with Gasteiger partial charge >= 0.3 is 0 Å². The predicted octanol–water partition coefficient (Wildman–Crippen LogP) is 3.97. The van der Waals surface area contributed by atoms with E-state index in [1.807, 2.05) is 18.2 Å². The van der Waals surface area contributed by atoms with Gasteiger partial charge in [-0.05, 0) is 43.7 Å². The molecule has 5 rings (SSSR count). The zero-order valence-electron chi connectivity index (χ0n) is 18.2. The number of fused-ring (bicyclic) bond motifs is 3. The van der Waals surface area contributed by atoms with Crippen LogP contribution in [0.1, 0.15) is 50.4 Å². The highest BCUT2D eigenvalue weighted by Crippen LogP contribution is 2.30. The number of nitrogens with one attached hydrogen (secondary N) is 1. The number of hydrogen-bond donors (Lipinski definition) is 1. The summed E-state index contributed by atoms with van der Waals surface area (Å²) in [6, 6.07) is 8.05. The average molecular weight is 419 g/mol. The van der Waals surface area contributed by atoms with E-state index in [2.05, 4.69) is 37.7 Å². The molecule has 1 amide bonds. The van der Waals surface area contributed by atoms with Crippen molar-refractivity contribution >= 4 is 28.6 Å². The van der Waals surface area contributed by atoms with Crippen molar-refractivity contribution in [2.24, 2.45) is 5.92 Å². The lowest BCUT2D eigenvalue weighted by Gasteiger charge is -2.33. The van der Waals surface area contributed by atoms with Crippen LogP contribution in [-0.2, 0) is 24.2 Å². The van der Waals surface area contributed by atoms with Gasteiger partial charge in [0.2, 0.25) is 5.91 Å². The number of rotatable bonds is 4. The van der Waals surface area contributed by atoms with Crippen LogP contribution in [0.5, 0.6) is 0 Å². The van der Waals surface area contributed by atoms with Crippen molar-refractivity contribution in [3.05, 3.63) is 42.0 Å². The molecule has 1 fully saturated rings. The molecule has 0 spiro atoms. The lowest BCUT2D eigenvalue weighted by Crippen LogP contribution is -2.41. The number of amides is 1. The van der Waals surface area contributed by atoms with Crippen molar-refractivity contribution in [1.29, 1.82) is 0 Å². The second kappa shape index (κ2) is 8.65. The highest BCUT2D eigenvalue weighted by Gasteiger charge is 2.29. The number of carbonyl (C=O) groups excluding carboxylic acids is 1. The highest BCUT2D eigenvalue weighted by molar-refractivity contribution is 5.94. The molecule has 1 saturated heterocycles. The van der Waals surface area contributed by atoms with Gasteiger partial charge in [-0.25, -0.2) is 15.0 Å². The third-order valence-electron chi connectivity index (χ3n) is 6.62. The number of nitrogens with zero attached hydrogens (tertiary/aromatic N) is 5.